The molecule has 1 rings (SSSR count). The van der Waals surface area contributed by atoms with E-state index in [0.717, 1.165) is 5.56 Å². The van der Waals surface area contributed by atoms with E-state index < -0.39 is 19.4 Å². The maximum Gasteiger partial charge on any atom is 0.411 e. The zero-order chi connectivity index (χ0) is 11.3. The molecule has 0 bridgehead atoms. The lowest BCUT2D eigenvalue weighted by Gasteiger charge is -2.06. The average molecular weight is 238 g/mol. The standard InChI is InChI=1S/C9H9F3O2S/c10-9(11,12)6-14-4-8(13)3-7-1-2-15-5-7/h1-2,5H,3-4,6H2. The van der Waals surface area contributed by atoms with Gasteiger partial charge in [-0.05, 0) is 22.4 Å². The van der Waals surface area contributed by atoms with Crippen molar-refractivity contribution in [3.63, 3.8) is 0 Å². The van der Waals surface area contributed by atoms with Gasteiger partial charge in [-0.3, -0.25) is 4.79 Å². The second kappa shape index (κ2) is 5.27. The fourth-order valence-electron chi connectivity index (χ4n) is 0.953. The van der Waals surface area contributed by atoms with Gasteiger partial charge in [0.25, 0.3) is 0 Å². The second-order valence-electron chi connectivity index (χ2n) is 2.96. The van der Waals surface area contributed by atoms with Crippen molar-refractivity contribution in [2.24, 2.45) is 0 Å². The number of thiophene rings is 1. The zero-order valence-corrected chi connectivity index (χ0v) is 8.53. The molecule has 0 saturated carbocycles. The molecule has 0 spiro atoms. The summed E-state index contributed by atoms with van der Waals surface area (Å²) in [5.74, 6) is -0.349. The molecule has 1 heterocycles. The second-order valence-corrected chi connectivity index (χ2v) is 3.74. The lowest BCUT2D eigenvalue weighted by atomic mass is 10.2. The molecular formula is C9H9F3O2S. The Hall–Kier alpha value is -0.880. The summed E-state index contributed by atoms with van der Waals surface area (Å²) in [6.45, 7) is -1.86. The molecule has 0 aliphatic rings. The van der Waals surface area contributed by atoms with Crippen LogP contribution >= 0.6 is 11.3 Å². The summed E-state index contributed by atoms with van der Waals surface area (Å²) >= 11 is 1.44. The van der Waals surface area contributed by atoms with Gasteiger partial charge in [0.2, 0.25) is 0 Å². The summed E-state index contributed by atoms with van der Waals surface area (Å²) in [5.41, 5.74) is 0.806. The topological polar surface area (TPSA) is 26.3 Å². The Morgan fingerprint density at radius 3 is 2.73 bits per heavy atom. The van der Waals surface area contributed by atoms with Crippen LogP contribution in [0.5, 0.6) is 0 Å². The highest BCUT2D eigenvalue weighted by Gasteiger charge is 2.27. The Morgan fingerprint density at radius 1 is 1.47 bits per heavy atom. The van der Waals surface area contributed by atoms with Crippen molar-refractivity contribution in [2.45, 2.75) is 12.6 Å². The van der Waals surface area contributed by atoms with Gasteiger partial charge >= 0.3 is 6.18 Å². The van der Waals surface area contributed by atoms with Crippen molar-refractivity contribution in [3.8, 4) is 0 Å². The van der Waals surface area contributed by atoms with E-state index in [0.29, 0.717) is 0 Å². The first-order valence-corrected chi connectivity index (χ1v) is 5.09. The van der Waals surface area contributed by atoms with E-state index in [2.05, 4.69) is 4.74 Å². The first-order valence-electron chi connectivity index (χ1n) is 4.14. The number of halogens is 3. The summed E-state index contributed by atoms with van der Waals surface area (Å²) in [4.78, 5) is 11.1. The molecule has 0 saturated heterocycles. The highest BCUT2D eigenvalue weighted by Crippen LogP contribution is 2.14. The predicted octanol–water partition coefficient (Wildman–Crippen LogP) is 2.44. The third-order valence-corrected chi connectivity index (χ3v) is 2.24. The van der Waals surface area contributed by atoms with Crippen molar-refractivity contribution in [1.82, 2.24) is 0 Å². The molecule has 1 aromatic heterocycles. The average Bonchev–Trinajstić information content (AvgIpc) is 2.54. The molecule has 0 atom stereocenters. The van der Waals surface area contributed by atoms with Crippen molar-refractivity contribution >= 4 is 17.1 Å². The molecule has 0 amide bonds. The fraction of sp³-hybridized carbons (Fsp3) is 0.444. The van der Waals surface area contributed by atoms with Crippen LogP contribution in [-0.2, 0) is 16.0 Å². The van der Waals surface area contributed by atoms with Crippen LogP contribution in [0.1, 0.15) is 5.56 Å². The SMILES string of the molecule is O=C(COCC(F)(F)F)Cc1ccsc1. The van der Waals surface area contributed by atoms with Gasteiger partial charge in [-0.25, -0.2) is 0 Å². The number of ketones is 1. The Kier molecular flexibility index (Phi) is 4.28. The third-order valence-electron chi connectivity index (χ3n) is 1.51. The van der Waals surface area contributed by atoms with Crippen LogP contribution in [0.3, 0.4) is 0 Å². The smallest absolute Gasteiger partial charge is 0.364 e. The van der Waals surface area contributed by atoms with Gasteiger partial charge in [-0.1, -0.05) is 0 Å². The fourth-order valence-corrected chi connectivity index (χ4v) is 1.62. The molecule has 0 N–H and O–H groups in total. The van der Waals surface area contributed by atoms with Crippen LogP contribution in [0.25, 0.3) is 0 Å². The van der Waals surface area contributed by atoms with E-state index >= 15 is 0 Å². The van der Waals surface area contributed by atoms with Crippen LogP contribution in [0.15, 0.2) is 16.8 Å². The molecule has 0 aliphatic heterocycles. The molecule has 1 aromatic rings. The molecule has 15 heavy (non-hydrogen) atoms. The number of rotatable bonds is 5. The largest absolute Gasteiger partial charge is 0.411 e. The van der Waals surface area contributed by atoms with Crippen molar-refractivity contribution in [3.05, 3.63) is 22.4 Å². The van der Waals surface area contributed by atoms with Gasteiger partial charge in [0.1, 0.15) is 13.2 Å². The van der Waals surface area contributed by atoms with Gasteiger partial charge < -0.3 is 4.74 Å². The number of Topliss-reactive ketones (excluding diaryl/α,β-unsaturated/α-hetero) is 1. The van der Waals surface area contributed by atoms with Gasteiger partial charge in [0.05, 0.1) is 0 Å². The van der Waals surface area contributed by atoms with Crippen LogP contribution in [0, 0.1) is 0 Å². The minimum atomic E-state index is -4.37. The molecule has 0 aromatic carbocycles. The van der Waals surface area contributed by atoms with E-state index in [1.54, 1.807) is 16.8 Å². The number of carbonyl (C=O) groups is 1. The highest BCUT2D eigenvalue weighted by atomic mass is 32.1. The number of hydrogen-bond acceptors (Lipinski definition) is 3. The molecule has 0 unspecified atom stereocenters. The molecule has 6 heteroatoms. The minimum absolute atomic E-state index is 0.126. The lowest BCUT2D eigenvalue weighted by Crippen LogP contribution is -2.21. The minimum Gasteiger partial charge on any atom is -0.364 e. The normalized spacial score (nSPS) is 11.7. The Morgan fingerprint density at radius 2 is 2.20 bits per heavy atom. The predicted molar refractivity (Wildman–Crippen MR) is 49.9 cm³/mol. The van der Waals surface area contributed by atoms with E-state index in [1.807, 2.05) is 0 Å². The maximum absolute atomic E-state index is 11.6. The van der Waals surface area contributed by atoms with Gasteiger partial charge in [-0.2, -0.15) is 24.5 Å². The molecule has 0 radical (unpaired) electrons. The summed E-state index contributed by atoms with van der Waals surface area (Å²) in [5, 5.41) is 3.58. The Bertz CT molecular complexity index is 306. The molecule has 84 valence electrons. The summed E-state index contributed by atoms with van der Waals surface area (Å²) in [6, 6.07) is 1.76. The molecule has 0 fully saturated rings. The molecule has 2 nitrogen and oxygen atoms in total. The quantitative estimate of drug-likeness (QED) is 0.787. The van der Waals surface area contributed by atoms with E-state index in [9.17, 15) is 18.0 Å². The van der Waals surface area contributed by atoms with Gasteiger partial charge in [-0.15, -0.1) is 0 Å². The Balaban J connectivity index is 2.20. The summed E-state index contributed by atoms with van der Waals surface area (Å²) in [7, 11) is 0. The highest BCUT2D eigenvalue weighted by molar-refractivity contribution is 7.07. The Labute approximate surface area is 88.7 Å². The number of ether oxygens (including phenoxy) is 1. The monoisotopic (exact) mass is 238 g/mol. The van der Waals surface area contributed by atoms with Crippen molar-refractivity contribution in [1.29, 1.82) is 0 Å². The van der Waals surface area contributed by atoms with E-state index in [-0.39, 0.29) is 12.2 Å². The number of carbonyl (C=O) groups excluding carboxylic acids is 1. The third kappa shape index (κ3) is 5.54. The van der Waals surface area contributed by atoms with E-state index in [4.69, 9.17) is 0 Å². The van der Waals surface area contributed by atoms with Gasteiger partial charge in [0.15, 0.2) is 5.78 Å². The van der Waals surface area contributed by atoms with Crippen LogP contribution in [0.4, 0.5) is 13.2 Å². The molecule has 0 aliphatic carbocycles. The summed E-state index contributed by atoms with van der Waals surface area (Å²) in [6.07, 6.45) is -4.25. The summed E-state index contributed by atoms with van der Waals surface area (Å²) < 4.78 is 39.2. The first kappa shape index (κ1) is 12.2. The lowest BCUT2D eigenvalue weighted by molar-refractivity contribution is -0.175. The van der Waals surface area contributed by atoms with Gasteiger partial charge in [0, 0.05) is 6.42 Å². The first-order chi connectivity index (χ1) is 6.97. The maximum atomic E-state index is 11.6. The zero-order valence-electron chi connectivity index (χ0n) is 7.71. The van der Waals surface area contributed by atoms with Crippen LogP contribution in [-0.4, -0.2) is 25.2 Å². The number of alkyl halides is 3. The van der Waals surface area contributed by atoms with Crippen LogP contribution in [0.2, 0.25) is 0 Å². The van der Waals surface area contributed by atoms with Crippen LogP contribution < -0.4 is 0 Å². The van der Waals surface area contributed by atoms with Crippen molar-refractivity contribution < 1.29 is 22.7 Å². The van der Waals surface area contributed by atoms with Crippen molar-refractivity contribution in [2.75, 3.05) is 13.2 Å². The molecular weight excluding hydrogens is 229 g/mol. The number of hydrogen-bond donors (Lipinski definition) is 0. The van der Waals surface area contributed by atoms with E-state index in [1.165, 1.54) is 11.3 Å².